The normalized spacial score (nSPS) is 12.2. The number of benzene rings is 2. The standard InChI is InChI=1S/C17H19BrFNO/c1-11-4-6-14(17(8-11)21-3)16(20-2)10-12-9-13(19)5-7-15(12)18/h4-9,16,20H,10H2,1-3H3. The van der Waals surface area contributed by atoms with Crippen molar-refractivity contribution >= 4 is 15.9 Å². The second-order valence-corrected chi connectivity index (χ2v) is 5.88. The molecule has 1 atom stereocenters. The van der Waals surface area contributed by atoms with Crippen LogP contribution >= 0.6 is 15.9 Å². The number of halogens is 2. The smallest absolute Gasteiger partial charge is 0.123 e. The van der Waals surface area contributed by atoms with Crippen LogP contribution in [0.5, 0.6) is 5.75 Å². The maximum atomic E-state index is 13.4. The Morgan fingerprint density at radius 3 is 2.67 bits per heavy atom. The summed E-state index contributed by atoms with van der Waals surface area (Å²) in [7, 11) is 3.57. The van der Waals surface area contributed by atoms with Crippen molar-refractivity contribution in [3.8, 4) is 5.75 Å². The van der Waals surface area contributed by atoms with Crippen LogP contribution in [0.25, 0.3) is 0 Å². The van der Waals surface area contributed by atoms with E-state index >= 15 is 0 Å². The van der Waals surface area contributed by atoms with Crippen LogP contribution in [-0.4, -0.2) is 14.2 Å². The van der Waals surface area contributed by atoms with Crippen LogP contribution in [0.2, 0.25) is 0 Å². The zero-order valence-electron chi connectivity index (χ0n) is 12.4. The summed E-state index contributed by atoms with van der Waals surface area (Å²) in [6.07, 6.45) is 0.675. The number of hydrogen-bond donors (Lipinski definition) is 1. The maximum absolute atomic E-state index is 13.4. The lowest BCUT2D eigenvalue weighted by molar-refractivity contribution is 0.401. The molecule has 0 saturated heterocycles. The van der Waals surface area contributed by atoms with Gasteiger partial charge in [-0.2, -0.15) is 0 Å². The zero-order chi connectivity index (χ0) is 15.4. The Morgan fingerprint density at radius 2 is 2.00 bits per heavy atom. The lowest BCUT2D eigenvalue weighted by Crippen LogP contribution is -2.20. The quantitative estimate of drug-likeness (QED) is 0.861. The van der Waals surface area contributed by atoms with Gasteiger partial charge >= 0.3 is 0 Å². The molecule has 0 amide bonds. The molecule has 0 fully saturated rings. The van der Waals surface area contributed by atoms with Gasteiger partial charge in [0.25, 0.3) is 0 Å². The highest BCUT2D eigenvalue weighted by atomic mass is 79.9. The first-order valence-corrected chi connectivity index (χ1v) is 7.60. The average molecular weight is 352 g/mol. The van der Waals surface area contributed by atoms with Crippen molar-refractivity contribution in [1.29, 1.82) is 0 Å². The third-order valence-electron chi connectivity index (χ3n) is 3.54. The number of nitrogens with one attached hydrogen (secondary N) is 1. The summed E-state index contributed by atoms with van der Waals surface area (Å²) in [6, 6.07) is 10.9. The molecule has 0 aliphatic heterocycles. The van der Waals surface area contributed by atoms with Crippen molar-refractivity contribution in [3.05, 3.63) is 63.4 Å². The SMILES string of the molecule is CNC(Cc1cc(F)ccc1Br)c1ccc(C)cc1OC. The first-order chi connectivity index (χ1) is 10.0. The summed E-state index contributed by atoms with van der Waals surface area (Å²) in [5, 5.41) is 3.28. The monoisotopic (exact) mass is 351 g/mol. The Labute approximate surface area is 133 Å². The zero-order valence-corrected chi connectivity index (χ0v) is 14.0. The van der Waals surface area contributed by atoms with Gasteiger partial charge in [0.05, 0.1) is 7.11 Å². The minimum Gasteiger partial charge on any atom is -0.496 e. The molecule has 0 aromatic heterocycles. The van der Waals surface area contributed by atoms with Gasteiger partial charge in [-0.25, -0.2) is 4.39 Å². The third kappa shape index (κ3) is 3.83. The summed E-state index contributed by atoms with van der Waals surface area (Å²) in [4.78, 5) is 0. The van der Waals surface area contributed by atoms with Crippen LogP contribution in [0.4, 0.5) is 4.39 Å². The van der Waals surface area contributed by atoms with E-state index in [0.29, 0.717) is 6.42 Å². The molecule has 4 heteroatoms. The van der Waals surface area contributed by atoms with Crippen LogP contribution in [-0.2, 0) is 6.42 Å². The van der Waals surface area contributed by atoms with Crippen molar-refractivity contribution in [2.24, 2.45) is 0 Å². The Balaban J connectivity index is 2.34. The van der Waals surface area contributed by atoms with Crippen molar-refractivity contribution in [1.82, 2.24) is 5.32 Å². The van der Waals surface area contributed by atoms with E-state index in [2.05, 4.69) is 33.4 Å². The molecular weight excluding hydrogens is 333 g/mol. The number of methoxy groups -OCH3 is 1. The lowest BCUT2D eigenvalue weighted by atomic mass is 9.97. The molecule has 21 heavy (non-hydrogen) atoms. The molecule has 0 saturated carbocycles. The van der Waals surface area contributed by atoms with E-state index in [4.69, 9.17) is 4.74 Å². The molecule has 2 aromatic rings. The van der Waals surface area contributed by atoms with Gasteiger partial charge in [0, 0.05) is 16.1 Å². The fourth-order valence-electron chi connectivity index (χ4n) is 2.39. The van der Waals surface area contributed by atoms with Gasteiger partial charge in [0.15, 0.2) is 0 Å². The Kier molecular flexibility index (Phi) is 5.37. The largest absolute Gasteiger partial charge is 0.496 e. The van der Waals surface area contributed by atoms with E-state index in [1.165, 1.54) is 6.07 Å². The van der Waals surface area contributed by atoms with Gasteiger partial charge in [-0.05, 0) is 55.8 Å². The van der Waals surface area contributed by atoms with E-state index in [1.54, 1.807) is 19.2 Å². The van der Waals surface area contributed by atoms with Gasteiger partial charge < -0.3 is 10.1 Å². The first-order valence-electron chi connectivity index (χ1n) is 6.81. The van der Waals surface area contributed by atoms with Gasteiger partial charge in [0.2, 0.25) is 0 Å². The molecule has 112 valence electrons. The predicted octanol–water partition coefficient (Wildman–Crippen LogP) is 4.41. The summed E-state index contributed by atoms with van der Waals surface area (Å²) in [5.74, 6) is 0.626. The maximum Gasteiger partial charge on any atom is 0.123 e. The summed E-state index contributed by atoms with van der Waals surface area (Å²) in [5.41, 5.74) is 3.15. The van der Waals surface area contributed by atoms with Gasteiger partial charge in [-0.3, -0.25) is 0 Å². The van der Waals surface area contributed by atoms with Crippen LogP contribution in [0.1, 0.15) is 22.7 Å². The molecule has 1 unspecified atom stereocenters. The molecule has 0 radical (unpaired) electrons. The van der Waals surface area contributed by atoms with E-state index in [-0.39, 0.29) is 11.9 Å². The van der Waals surface area contributed by atoms with Crippen LogP contribution in [0.15, 0.2) is 40.9 Å². The van der Waals surface area contributed by atoms with E-state index in [1.807, 2.05) is 20.0 Å². The summed E-state index contributed by atoms with van der Waals surface area (Å²) >= 11 is 3.48. The lowest BCUT2D eigenvalue weighted by Gasteiger charge is -2.20. The first kappa shape index (κ1) is 16.0. The number of ether oxygens (including phenoxy) is 1. The minimum atomic E-state index is -0.223. The van der Waals surface area contributed by atoms with E-state index in [9.17, 15) is 4.39 Å². The molecule has 0 aliphatic rings. The van der Waals surface area contributed by atoms with Crippen molar-refractivity contribution < 1.29 is 9.13 Å². The molecule has 1 N–H and O–H groups in total. The van der Waals surface area contributed by atoms with Gasteiger partial charge in [-0.1, -0.05) is 28.1 Å². The van der Waals surface area contributed by atoms with E-state index in [0.717, 1.165) is 26.9 Å². The topological polar surface area (TPSA) is 21.3 Å². The molecule has 2 rings (SSSR count). The van der Waals surface area contributed by atoms with Gasteiger partial charge in [0.1, 0.15) is 11.6 Å². The molecule has 2 aromatic carbocycles. The molecule has 2 nitrogen and oxygen atoms in total. The molecule has 0 heterocycles. The molecule has 0 bridgehead atoms. The fraction of sp³-hybridized carbons (Fsp3) is 0.294. The number of rotatable bonds is 5. The predicted molar refractivity (Wildman–Crippen MR) is 87.3 cm³/mol. The Bertz CT molecular complexity index is 630. The van der Waals surface area contributed by atoms with Crippen molar-refractivity contribution in [3.63, 3.8) is 0 Å². The molecule has 0 aliphatic carbocycles. The highest BCUT2D eigenvalue weighted by Crippen LogP contribution is 2.30. The molecule has 0 spiro atoms. The highest BCUT2D eigenvalue weighted by Gasteiger charge is 2.16. The molecular formula is C17H19BrFNO. The van der Waals surface area contributed by atoms with Crippen LogP contribution < -0.4 is 10.1 Å². The van der Waals surface area contributed by atoms with Crippen molar-refractivity contribution in [2.75, 3.05) is 14.2 Å². The second-order valence-electron chi connectivity index (χ2n) is 5.03. The summed E-state index contributed by atoms with van der Waals surface area (Å²) < 4.78 is 19.8. The Hall–Kier alpha value is -1.39. The number of likely N-dealkylation sites (N-methyl/N-ethyl adjacent to an activating group) is 1. The fourth-order valence-corrected chi connectivity index (χ4v) is 2.80. The summed E-state index contributed by atoms with van der Waals surface area (Å²) in [6.45, 7) is 2.03. The van der Waals surface area contributed by atoms with E-state index < -0.39 is 0 Å². The number of hydrogen-bond acceptors (Lipinski definition) is 2. The number of aryl methyl sites for hydroxylation is 1. The second kappa shape index (κ2) is 7.05. The van der Waals surface area contributed by atoms with Crippen LogP contribution in [0.3, 0.4) is 0 Å². The third-order valence-corrected chi connectivity index (χ3v) is 4.32. The minimum absolute atomic E-state index is 0.0543. The van der Waals surface area contributed by atoms with Gasteiger partial charge in [-0.15, -0.1) is 0 Å². The van der Waals surface area contributed by atoms with Crippen LogP contribution in [0, 0.1) is 12.7 Å². The Morgan fingerprint density at radius 1 is 1.24 bits per heavy atom. The average Bonchev–Trinajstić information content (AvgIpc) is 2.48. The highest BCUT2D eigenvalue weighted by molar-refractivity contribution is 9.10. The van der Waals surface area contributed by atoms with Crippen molar-refractivity contribution in [2.45, 2.75) is 19.4 Å².